The van der Waals surface area contributed by atoms with Crippen LogP contribution in [0.25, 0.3) is 71.4 Å². The Morgan fingerprint density at radius 2 is 0.578 bits per heavy atom. The van der Waals surface area contributed by atoms with Crippen LogP contribution in [0, 0.1) is 0 Å². The molecule has 0 bridgehead atoms. The minimum atomic E-state index is -0.257. The molecule has 482 valence electrons. The van der Waals surface area contributed by atoms with Crippen molar-refractivity contribution < 1.29 is 28.8 Å². The number of para-hydroxylation sites is 2. The van der Waals surface area contributed by atoms with Crippen molar-refractivity contribution in [3.05, 3.63) is 293 Å². The summed E-state index contributed by atoms with van der Waals surface area (Å²) >= 11 is 14.5. The molecule has 0 unspecified atom stereocenters. The summed E-state index contributed by atoms with van der Waals surface area (Å²) in [5.74, 6) is -1.47. The third-order valence-corrected chi connectivity index (χ3v) is 28.3. The minimum absolute atomic E-state index is 0.169. The first-order valence-electron chi connectivity index (χ1n) is 32.4. The number of fused-ring (bicyclic) bond motifs is 12. The molecule has 0 amide bonds. The fourth-order valence-electron chi connectivity index (χ4n) is 14.5. The van der Waals surface area contributed by atoms with Gasteiger partial charge in [0.1, 0.15) is 15.0 Å². The van der Waals surface area contributed by atoms with E-state index in [1.54, 1.807) is 110 Å². The number of anilines is 9. The molecule has 102 heavy (non-hydrogen) atoms. The maximum Gasteiger partial charge on any atom is 0.197 e. The van der Waals surface area contributed by atoms with E-state index in [0.717, 1.165) is 146 Å². The number of nitrogens with zero attached hydrogens (tertiary/aromatic N) is 3. The Labute approximate surface area is 618 Å². The molecule has 18 heteroatoms. The van der Waals surface area contributed by atoms with Crippen LogP contribution < -0.4 is 14.7 Å². The van der Waals surface area contributed by atoms with E-state index in [-0.39, 0.29) is 51.4 Å². The van der Waals surface area contributed by atoms with Crippen molar-refractivity contribution in [3.63, 3.8) is 0 Å². The molecule has 3 aliphatic heterocycles. The molecule has 3 aliphatic carbocycles. The predicted octanol–water partition coefficient (Wildman–Crippen LogP) is 25.0. The highest BCUT2D eigenvalue weighted by molar-refractivity contribution is 8.00. The quantitative estimate of drug-likeness (QED) is 0.107. The number of benzene rings is 9. The second-order valence-corrected chi connectivity index (χ2v) is 34.4. The van der Waals surface area contributed by atoms with E-state index in [1.165, 1.54) is 11.3 Å². The summed E-state index contributed by atoms with van der Waals surface area (Å²) < 4.78 is 1.96. The fourth-order valence-corrected chi connectivity index (χ4v) is 23.2. The first-order chi connectivity index (χ1) is 49.9. The average Bonchev–Trinajstić information content (AvgIpc) is 1.18. The summed E-state index contributed by atoms with van der Waals surface area (Å²) in [6.07, 6.45) is 5.26. The van der Waals surface area contributed by atoms with Crippen LogP contribution in [0.4, 0.5) is 49.1 Å². The maximum absolute atomic E-state index is 14.0. The molecular weight excluding hydrogens is 1440 g/mol. The van der Waals surface area contributed by atoms with Gasteiger partial charge >= 0.3 is 0 Å². The summed E-state index contributed by atoms with van der Waals surface area (Å²) in [7, 11) is 0. The molecule has 6 aromatic heterocycles. The lowest BCUT2D eigenvalue weighted by atomic mass is 10.0. The highest BCUT2D eigenvalue weighted by Gasteiger charge is 2.38. The third kappa shape index (κ3) is 9.48. The molecule has 0 atom stereocenters. The van der Waals surface area contributed by atoms with Crippen molar-refractivity contribution in [2.45, 2.75) is 29.4 Å². The second-order valence-electron chi connectivity index (χ2n) is 25.3. The molecule has 0 spiro atoms. The lowest BCUT2D eigenvalue weighted by Gasteiger charge is -2.33. The molecule has 0 fully saturated rings. The van der Waals surface area contributed by atoms with E-state index in [0.29, 0.717) is 33.4 Å². The van der Waals surface area contributed by atoms with Crippen molar-refractivity contribution in [2.24, 2.45) is 0 Å². The van der Waals surface area contributed by atoms with Crippen LogP contribution in [0.1, 0.15) is 76.8 Å². The molecule has 15 aromatic rings. The van der Waals surface area contributed by atoms with Gasteiger partial charge in [-0.1, -0.05) is 83.8 Å². The fraction of sp³-hybridized carbons (Fsp3) is 0. The van der Waals surface area contributed by atoms with Crippen LogP contribution in [0.2, 0.25) is 0 Å². The van der Waals surface area contributed by atoms with Gasteiger partial charge in [-0.15, -0.1) is 56.7 Å². The van der Waals surface area contributed by atoms with E-state index >= 15 is 0 Å². The lowest BCUT2D eigenvalue weighted by Crippen LogP contribution is -2.14. The van der Waals surface area contributed by atoms with E-state index in [2.05, 4.69) is 154 Å². The highest BCUT2D eigenvalue weighted by atomic mass is 32.2. The summed E-state index contributed by atoms with van der Waals surface area (Å²) in [6.45, 7) is 0. The van der Waals surface area contributed by atoms with Gasteiger partial charge in [0.2, 0.25) is 0 Å². The molecule has 0 saturated heterocycles. The number of hydrogen-bond donors (Lipinski definition) is 0. The Morgan fingerprint density at radius 1 is 0.275 bits per heavy atom. The summed E-state index contributed by atoms with van der Waals surface area (Å²) in [6, 6.07) is 70.6. The molecule has 0 saturated carbocycles. The molecule has 6 aliphatic rings. The van der Waals surface area contributed by atoms with E-state index in [4.69, 9.17) is 0 Å². The van der Waals surface area contributed by atoms with Gasteiger partial charge in [0, 0.05) is 86.8 Å². The van der Waals surface area contributed by atoms with Crippen molar-refractivity contribution in [3.8, 4) is 22.3 Å². The SMILES string of the molecule is O=C1C(=Cc2ccc(N3c4ccccc4Sc4cc(-c5ccc6c(c5)Sc5cc(-c7ccc8c(c7)Sc7ccccc7N8c7ccc(/C=C8\C(=O)c9cc%10ccsc%10cc9C8=O)s7)ccc5N6c5ccc(/C=C6\C(=O)c7cc8ccsc8cc7C6=O)s5)ccc43)s2)C(=O)c2cc3cscc3cc21. The predicted molar refractivity (Wildman–Crippen MR) is 423 cm³/mol. The Kier molecular flexibility index (Phi) is 13.7. The minimum Gasteiger partial charge on any atom is -0.300 e. The zero-order chi connectivity index (χ0) is 67.9. The van der Waals surface area contributed by atoms with Crippen molar-refractivity contribution in [1.29, 1.82) is 0 Å². The van der Waals surface area contributed by atoms with Crippen molar-refractivity contribution in [1.82, 2.24) is 0 Å². The number of hydrogen-bond acceptors (Lipinski definition) is 18. The Balaban J connectivity index is 0.624. The maximum atomic E-state index is 14.0. The highest BCUT2D eigenvalue weighted by Crippen LogP contribution is 2.59. The number of Topliss-reactive ketones (excluding diaryl/α,β-unsaturated/α-hetero) is 6. The third-order valence-electron chi connectivity index (χ3n) is 19.4. The normalized spacial score (nSPS) is 15.6. The number of ketones is 6. The van der Waals surface area contributed by atoms with E-state index in [9.17, 15) is 28.8 Å². The molecule has 9 nitrogen and oxygen atoms in total. The summed E-state index contributed by atoms with van der Waals surface area (Å²) in [5, 5.41) is 14.6. The van der Waals surface area contributed by atoms with Crippen molar-refractivity contribution >= 4 is 236 Å². The summed E-state index contributed by atoms with van der Waals surface area (Å²) in [4.78, 5) is 99.1. The van der Waals surface area contributed by atoms with Gasteiger partial charge in [-0.3, -0.25) is 43.5 Å². The molecule has 9 aromatic carbocycles. The number of rotatable bonds is 8. The van der Waals surface area contributed by atoms with Crippen molar-refractivity contribution in [2.75, 3.05) is 14.7 Å². The Bertz CT molecular complexity index is 6040. The second kappa shape index (κ2) is 23.1. The average molecular weight is 1480 g/mol. The van der Waals surface area contributed by atoms with Crippen LogP contribution in [0.3, 0.4) is 0 Å². The molecular formula is C84H41N3O6S9. The number of carbonyl (C=O) groups is 6. The van der Waals surface area contributed by atoms with Gasteiger partial charge in [-0.25, -0.2) is 0 Å². The largest absolute Gasteiger partial charge is 0.300 e. The smallest absolute Gasteiger partial charge is 0.197 e. The van der Waals surface area contributed by atoms with Gasteiger partial charge in [0.05, 0.1) is 50.8 Å². The van der Waals surface area contributed by atoms with E-state index < -0.39 is 0 Å². The molecule has 21 rings (SSSR count). The summed E-state index contributed by atoms with van der Waals surface area (Å²) in [5.41, 5.74) is 13.6. The van der Waals surface area contributed by atoms with E-state index in [1.807, 2.05) is 88.3 Å². The Hall–Kier alpha value is -10.4. The molecule has 9 heterocycles. The van der Waals surface area contributed by atoms with Gasteiger partial charge in [-0.2, -0.15) is 11.3 Å². The topological polar surface area (TPSA) is 112 Å². The first-order valence-corrected chi connectivity index (χ1v) is 40.0. The number of allylic oxidation sites excluding steroid dienone is 3. The number of carbonyl (C=O) groups excluding carboxylic acids is 6. The first kappa shape index (κ1) is 60.4. The lowest BCUT2D eigenvalue weighted by molar-refractivity contribution is 0.0975. The van der Waals surface area contributed by atoms with Gasteiger partial charge in [0.25, 0.3) is 0 Å². The van der Waals surface area contributed by atoms with Crippen LogP contribution in [0.5, 0.6) is 0 Å². The van der Waals surface area contributed by atoms with Crippen LogP contribution in [-0.4, -0.2) is 34.7 Å². The standard InChI is InChI=1S/C84H41N3O6S9/c88-79-53-27-46-23-25-95-70(46)38-57(53)83(92)60(79)36-51-14-21-77(98-51)86-63-6-2-4-8-69(63)101-73-32-43(10-17-65(73)86)45-12-19-67-75(34-45)102-74-33-44(11-18-66(74)87(67)78-22-15-52(99-78)37-61-80(89)54-28-47-24-26-96-71(47)39-58(54)84(61)93)42-9-16-64-72(31-42)100-68-7-3-1-5-62(68)85(64)76-20-13-50(97-76)35-59-81(90)55-29-48-40-94-41-49(48)30-56(55)82(59)91/h1-41H/b60-36+,61-37+. The zero-order valence-electron chi connectivity index (χ0n) is 52.6. The van der Waals surface area contributed by atoms with Gasteiger partial charge in [0.15, 0.2) is 34.7 Å². The monoisotopic (exact) mass is 1480 g/mol. The molecule has 0 radical (unpaired) electrons. The Morgan fingerprint density at radius 3 is 0.931 bits per heavy atom. The molecule has 0 N–H and O–H groups in total. The van der Waals surface area contributed by atoms with Gasteiger partial charge < -0.3 is 0 Å². The zero-order valence-corrected chi connectivity index (χ0v) is 60.0. The van der Waals surface area contributed by atoms with Crippen LogP contribution in [-0.2, 0) is 0 Å². The van der Waals surface area contributed by atoms with Gasteiger partial charge in [-0.05, 0) is 241 Å². The van der Waals surface area contributed by atoms with Crippen LogP contribution in [0.15, 0.2) is 274 Å². The number of thiophene rings is 6. The van der Waals surface area contributed by atoms with Crippen LogP contribution >= 0.6 is 103 Å².